The zero-order valence-corrected chi connectivity index (χ0v) is 24.1. The number of anilines is 2. The molecule has 1 aliphatic carbocycles. The molecule has 0 amide bonds. The fraction of sp³-hybridized carbons (Fsp3) is 0.516. The quantitative estimate of drug-likeness (QED) is 0.453. The van der Waals surface area contributed by atoms with E-state index in [-0.39, 0.29) is 11.6 Å². The number of nitrogens with zero attached hydrogens (tertiary/aromatic N) is 6. The maximum Gasteiger partial charge on any atom is 0.318 e. The molecule has 2 aromatic carbocycles. The van der Waals surface area contributed by atoms with Gasteiger partial charge in [0.1, 0.15) is 12.4 Å². The zero-order valence-electron chi connectivity index (χ0n) is 23.3. The standard InChI is InChI=1S/C31H36ClN7O2/c32-25-5-1-3-22-4-2-6-27(28(22)25)37-13-8-24-26(20-37)35-30(36-29(24)38-14-12-34-23(19-38)7-11-33)41-21-31(9-10-31)39-15-17-40-18-16-39/h1-6,23,34H,7-10,12-21H2/t23-/m0/s1. The molecule has 1 N–H and O–H groups in total. The number of halogens is 1. The van der Waals surface area contributed by atoms with Gasteiger partial charge in [0.05, 0.1) is 48.5 Å². The molecule has 0 bridgehead atoms. The number of hydrogen-bond acceptors (Lipinski definition) is 9. The van der Waals surface area contributed by atoms with E-state index in [1.54, 1.807) is 0 Å². The van der Waals surface area contributed by atoms with Gasteiger partial charge in [0.15, 0.2) is 0 Å². The van der Waals surface area contributed by atoms with Crippen molar-refractivity contribution in [2.24, 2.45) is 0 Å². The average molecular weight is 574 g/mol. The molecule has 3 aliphatic heterocycles. The van der Waals surface area contributed by atoms with Gasteiger partial charge in [-0.05, 0) is 36.8 Å². The van der Waals surface area contributed by atoms with Crippen LogP contribution in [0, 0.1) is 11.3 Å². The van der Waals surface area contributed by atoms with Crippen LogP contribution in [0.4, 0.5) is 11.5 Å². The number of ether oxygens (including phenoxy) is 2. The number of benzene rings is 2. The van der Waals surface area contributed by atoms with Gasteiger partial charge in [0, 0.05) is 61.9 Å². The predicted octanol–water partition coefficient (Wildman–Crippen LogP) is 3.78. The van der Waals surface area contributed by atoms with Crippen molar-refractivity contribution in [1.82, 2.24) is 20.2 Å². The topological polar surface area (TPSA) is 89.8 Å². The van der Waals surface area contributed by atoms with Crippen LogP contribution in [0.25, 0.3) is 10.8 Å². The molecule has 3 aromatic rings. The van der Waals surface area contributed by atoms with E-state index in [0.29, 0.717) is 25.6 Å². The second-order valence-electron chi connectivity index (χ2n) is 11.6. The van der Waals surface area contributed by atoms with E-state index in [4.69, 9.17) is 31.0 Å². The Labute approximate surface area is 246 Å². The molecule has 1 aromatic heterocycles. The fourth-order valence-corrected chi connectivity index (χ4v) is 6.94. The molecule has 0 spiro atoms. The number of nitriles is 1. The van der Waals surface area contributed by atoms with Gasteiger partial charge in [-0.3, -0.25) is 4.90 Å². The van der Waals surface area contributed by atoms with Crippen LogP contribution < -0.4 is 19.9 Å². The highest BCUT2D eigenvalue weighted by atomic mass is 35.5. The Hall–Kier alpha value is -3.16. The Morgan fingerprint density at radius 2 is 1.90 bits per heavy atom. The summed E-state index contributed by atoms with van der Waals surface area (Å²) < 4.78 is 12.0. The molecule has 3 fully saturated rings. The first kappa shape index (κ1) is 26.7. The lowest BCUT2D eigenvalue weighted by Crippen LogP contribution is -2.51. The average Bonchev–Trinajstić information content (AvgIpc) is 3.81. The van der Waals surface area contributed by atoms with E-state index in [2.05, 4.69) is 50.4 Å². The van der Waals surface area contributed by atoms with Gasteiger partial charge < -0.3 is 24.6 Å². The lowest BCUT2D eigenvalue weighted by molar-refractivity contribution is -0.00339. The third kappa shape index (κ3) is 5.30. The molecule has 9 nitrogen and oxygen atoms in total. The van der Waals surface area contributed by atoms with Crippen molar-refractivity contribution in [2.75, 3.05) is 68.9 Å². The third-order valence-electron chi connectivity index (χ3n) is 9.07. The minimum Gasteiger partial charge on any atom is -0.461 e. The van der Waals surface area contributed by atoms with Crippen LogP contribution >= 0.6 is 11.6 Å². The molecule has 10 heteroatoms. The van der Waals surface area contributed by atoms with E-state index in [1.165, 1.54) is 5.56 Å². The van der Waals surface area contributed by atoms with E-state index in [0.717, 1.165) is 105 Å². The summed E-state index contributed by atoms with van der Waals surface area (Å²) in [5.74, 6) is 0.960. The van der Waals surface area contributed by atoms with Gasteiger partial charge in [-0.25, -0.2) is 0 Å². The maximum atomic E-state index is 9.32. The van der Waals surface area contributed by atoms with Crippen LogP contribution in [0.15, 0.2) is 36.4 Å². The molecule has 0 unspecified atom stereocenters. The summed E-state index contributed by atoms with van der Waals surface area (Å²) in [5, 5.41) is 15.8. The number of fused-ring (bicyclic) bond motifs is 2. The van der Waals surface area contributed by atoms with Crippen LogP contribution in [0.5, 0.6) is 6.01 Å². The van der Waals surface area contributed by atoms with Crippen molar-refractivity contribution in [2.45, 2.75) is 43.8 Å². The normalized spacial score (nSPS) is 22.3. The minimum atomic E-state index is 0.0713. The van der Waals surface area contributed by atoms with Crippen LogP contribution in [0.1, 0.15) is 30.5 Å². The van der Waals surface area contributed by atoms with Crippen LogP contribution in [-0.4, -0.2) is 85.5 Å². The smallest absolute Gasteiger partial charge is 0.318 e. The molecular formula is C31H36ClN7O2. The van der Waals surface area contributed by atoms with Crippen molar-refractivity contribution in [3.8, 4) is 12.1 Å². The molecule has 4 aliphatic rings. The van der Waals surface area contributed by atoms with Crippen molar-refractivity contribution in [1.29, 1.82) is 5.26 Å². The molecule has 7 rings (SSSR count). The van der Waals surface area contributed by atoms with Gasteiger partial charge in [0.2, 0.25) is 0 Å². The van der Waals surface area contributed by atoms with E-state index >= 15 is 0 Å². The number of aromatic nitrogens is 2. The predicted molar refractivity (Wildman–Crippen MR) is 160 cm³/mol. The SMILES string of the molecule is N#CC[C@H]1CN(c2nc(OCC3(N4CCOCC4)CC3)nc3c2CCN(c2cccc4cccc(Cl)c24)C3)CCN1. The summed E-state index contributed by atoms with van der Waals surface area (Å²) in [5.41, 5.74) is 3.39. The van der Waals surface area contributed by atoms with Crippen LogP contribution in [0.2, 0.25) is 5.02 Å². The van der Waals surface area contributed by atoms with E-state index in [9.17, 15) is 5.26 Å². The number of morpholine rings is 1. The Kier molecular flexibility index (Phi) is 7.34. The number of hydrogen-bond donors (Lipinski definition) is 1. The molecule has 1 atom stereocenters. The Balaban J connectivity index is 1.20. The molecule has 4 heterocycles. The maximum absolute atomic E-state index is 9.32. The fourth-order valence-electron chi connectivity index (χ4n) is 6.66. The van der Waals surface area contributed by atoms with Crippen molar-refractivity contribution in [3.05, 3.63) is 52.7 Å². The molecule has 2 saturated heterocycles. The summed E-state index contributed by atoms with van der Waals surface area (Å²) >= 11 is 6.71. The van der Waals surface area contributed by atoms with Crippen molar-refractivity contribution in [3.63, 3.8) is 0 Å². The zero-order chi connectivity index (χ0) is 27.8. The van der Waals surface area contributed by atoms with Crippen molar-refractivity contribution < 1.29 is 9.47 Å². The van der Waals surface area contributed by atoms with E-state index in [1.807, 2.05) is 12.1 Å². The molecular weight excluding hydrogens is 538 g/mol. The van der Waals surface area contributed by atoms with E-state index < -0.39 is 0 Å². The van der Waals surface area contributed by atoms with Gasteiger partial charge in [-0.15, -0.1) is 0 Å². The number of piperazine rings is 1. The summed E-state index contributed by atoms with van der Waals surface area (Å²) in [6.45, 7) is 7.96. The summed E-state index contributed by atoms with van der Waals surface area (Å²) in [6.07, 6.45) is 3.57. The largest absolute Gasteiger partial charge is 0.461 e. The van der Waals surface area contributed by atoms with Gasteiger partial charge in [0.25, 0.3) is 0 Å². The lowest BCUT2D eigenvalue weighted by Gasteiger charge is -2.38. The number of nitrogens with one attached hydrogen (secondary N) is 1. The Bertz CT molecular complexity index is 1460. The first-order chi connectivity index (χ1) is 20.1. The molecule has 214 valence electrons. The Morgan fingerprint density at radius 3 is 2.71 bits per heavy atom. The lowest BCUT2D eigenvalue weighted by atomic mass is 10.0. The van der Waals surface area contributed by atoms with Gasteiger partial charge in [-0.2, -0.15) is 15.2 Å². The highest BCUT2D eigenvalue weighted by molar-refractivity contribution is 6.36. The highest BCUT2D eigenvalue weighted by Crippen LogP contribution is 2.43. The summed E-state index contributed by atoms with van der Waals surface area (Å²) in [7, 11) is 0. The molecule has 0 radical (unpaired) electrons. The first-order valence-electron chi connectivity index (χ1n) is 14.8. The van der Waals surface area contributed by atoms with Crippen LogP contribution in [0.3, 0.4) is 0 Å². The highest BCUT2D eigenvalue weighted by Gasteiger charge is 2.49. The summed E-state index contributed by atoms with van der Waals surface area (Å²) in [6, 6.07) is 15.3. The Morgan fingerprint density at radius 1 is 1.07 bits per heavy atom. The monoisotopic (exact) mass is 573 g/mol. The molecule has 1 saturated carbocycles. The number of rotatable bonds is 7. The second kappa shape index (κ2) is 11.3. The van der Waals surface area contributed by atoms with Gasteiger partial charge >= 0.3 is 6.01 Å². The second-order valence-corrected chi connectivity index (χ2v) is 12.0. The van der Waals surface area contributed by atoms with Crippen molar-refractivity contribution >= 4 is 33.9 Å². The first-order valence-corrected chi connectivity index (χ1v) is 15.1. The minimum absolute atomic E-state index is 0.0713. The van der Waals surface area contributed by atoms with Crippen LogP contribution in [-0.2, 0) is 17.7 Å². The third-order valence-corrected chi connectivity index (χ3v) is 9.38. The molecule has 41 heavy (non-hydrogen) atoms. The van der Waals surface area contributed by atoms with Gasteiger partial charge in [-0.1, -0.05) is 35.9 Å². The summed E-state index contributed by atoms with van der Waals surface area (Å²) in [4.78, 5) is 17.3.